The number of amides is 2. The number of rotatable bonds is 7. The molecule has 4 aliphatic rings. The molecule has 2 saturated carbocycles. The maximum absolute atomic E-state index is 14.1. The monoisotopic (exact) mass is 952 g/mol. The highest BCUT2D eigenvalue weighted by Crippen LogP contribution is 2.46. The van der Waals surface area contributed by atoms with Gasteiger partial charge in [-0.1, -0.05) is 40.1 Å². The zero-order valence-corrected chi connectivity index (χ0v) is 39.4. The van der Waals surface area contributed by atoms with Gasteiger partial charge in [-0.2, -0.15) is 0 Å². The molecule has 11 rings (SSSR count). The van der Waals surface area contributed by atoms with Crippen LogP contribution in [0.4, 0.5) is 23.2 Å². The van der Waals surface area contributed by atoms with Crippen LogP contribution < -0.4 is 10.2 Å². The molecule has 356 valence electrons. The number of anilines is 1. The van der Waals surface area contributed by atoms with Gasteiger partial charge in [-0.3, -0.25) is 9.59 Å². The molecule has 0 spiro atoms. The van der Waals surface area contributed by atoms with Crippen LogP contribution in [0.2, 0.25) is 5.02 Å². The third-order valence-electron chi connectivity index (χ3n) is 14.4. The van der Waals surface area contributed by atoms with Crippen molar-refractivity contribution in [3.63, 3.8) is 0 Å². The van der Waals surface area contributed by atoms with Gasteiger partial charge in [-0.05, 0) is 126 Å². The number of hydrogen-bond acceptors (Lipinski definition) is 8. The Morgan fingerprint density at radius 2 is 1.16 bits per heavy atom. The molecule has 6 heterocycles. The molecule has 1 N–H and O–H groups in total. The van der Waals surface area contributed by atoms with Gasteiger partial charge in [-0.25, -0.2) is 27.5 Å². The van der Waals surface area contributed by atoms with Crippen LogP contribution in [0.25, 0.3) is 44.3 Å². The molecule has 2 amide bonds. The molecule has 2 aliphatic heterocycles. The van der Waals surface area contributed by atoms with E-state index in [1.165, 1.54) is 0 Å². The van der Waals surface area contributed by atoms with Crippen LogP contribution >= 0.6 is 11.6 Å². The number of nitrogens with one attached hydrogen (secondary N) is 1. The van der Waals surface area contributed by atoms with Crippen LogP contribution in [0.5, 0.6) is 0 Å². The van der Waals surface area contributed by atoms with Gasteiger partial charge in [0.1, 0.15) is 23.2 Å². The minimum Gasteiger partial charge on any atom is -0.361 e. The number of aromatic nitrogens is 6. The molecule has 2 aliphatic carbocycles. The first kappa shape index (κ1) is 45.7. The second kappa shape index (κ2) is 17.5. The lowest BCUT2D eigenvalue weighted by molar-refractivity contribution is -0.119. The Hall–Kier alpha value is -6.03. The number of benzene rings is 3. The van der Waals surface area contributed by atoms with E-state index in [0.29, 0.717) is 56.4 Å². The summed E-state index contributed by atoms with van der Waals surface area (Å²) in [6.45, 7) is 9.47. The Morgan fingerprint density at radius 1 is 0.647 bits per heavy atom. The standard InChI is InChI=1S/C29H29ClF2N4O2.C22H24F2N4O2/c1-16-4-6-21(15-22(16)30)35-25(8-9-26(35)37)28-33-23-14-19(27-17(2)34-38-18(27)3)5-7-24(23)36(28)20-10-12-29(31,32)13-11-20;1-12-20(13(2)30-27-12)14-3-5-18-17(11-14)26-21(16-4-6-19(29)25-16)28(18)15-7-9-22(23,24)10-8-15/h4-7,14-15,20,25H,8-13H2,1-3H3;3,5,11,15-16H,4,6-10H2,1-2H3,(H,25,29)/t25-;16-/m00/s1. The molecule has 68 heavy (non-hydrogen) atoms. The molecule has 3 aromatic carbocycles. The van der Waals surface area contributed by atoms with Crippen molar-refractivity contribution >= 4 is 51.2 Å². The summed E-state index contributed by atoms with van der Waals surface area (Å²) in [6.07, 6.45) is 3.06. The van der Waals surface area contributed by atoms with Crippen LogP contribution in [-0.4, -0.2) is 53.1 Å². The molecule has 4 aromatic heterocycles. The van der Waals surface area contributed by atoms with Crippen molar-refractivity contribution < 1.29 is 36.2 Å². The molecule has 2 atom stereocenters. The maximum atomic E-state index is 14.1. The Kier molecular flexibility index (Phi) is 11.8. The van der Waals surface area contributed by atoms with Gasteiger partial charge in [0, 0.05) is 72.4 Å². The van der Waals surface area contributed by atoms with Crippen molar-refractivity contribution in [2.24, 2.45) is 0 Å². The van der Waals surface area contributed by atoms with E-state index in [4.69, 9.17) is 30.6 Å². The average Bonchev–Trinajstić information content (AvgIpc) is 4.17. The predicted molar refractivity (Wildman–Crippen MR) is 250 cm³/mol. The number of alkyl halides is 4. The van der Waals surface area contributed by atoms with Gasteiger partial charge in [0.15, 0.2) is 0 Å². The molecule has 7 aromatic rings. The summed E-state index contributed by atoms with van der Waals surface area (Å²) in [5.74, 6) is -2.27. The lowest BCUT2D eigenvalue weighted by atomic mass is 9.91. The number of hydrogen-bond donors (Lipinski definition) is 1. The van der Waals surface area contributed by atoms with Crippen molar-refractivity contribution in [1.82, 2.24) is 34.7 Å². The zero-order valence-electron chi connectivity index (χ0n) is 38.6. The SMILES string of the molecule is Cc1ccc(N2C(=O)CC[C@H]2c2nc3cc(-c4c(C)noc4C)ccc3n2C2CCC(F)(F)CC2)cc1Cl.Cc1noc(C)c1-c1ccc2c(c1)nc([C@@H]1CCC(=O)N1)n2C1CCC(F)(F)CC1. The molecule has 17 heteroatoms. The number of fused-ring (bicyclic) bond motifs is 2. The van der Waals surface area contributed by atoms with Gasteiger partial charge >= 0.3 is 0 Å². The highest BCUT2D eigenvalue weighted by Gasteiger charge is 2.42. The van der Waals surface area contributed by atoms with E-state index in [-0.39, 0.29) is 61.7 Å². The minimum absolute atomic E-state index is 0.000105. The molecular weight excluding hydrogens is 900 g/mol. The quantitative estimate of drug-likeness (QED) is 0.156. The van der Waals surface area contributed by atoms with Crippen molar-refractivity contribution in [3.05, 3.63) is 99.7 Å². The number of carbonyl (C=O) groups excluding carboxylic acids is 2. The third-order valence-corrected chi connectivity index (χ3v) is 14.8. The fourth-order valence-electron chi connectivity index (χ4n) is 10.9. The number of halogens is 5. The van der Waals surface area contributed by atoms with Crippen LogP contribution in [0, 0.1) is 34.6 Å². The summed E-state index contributed by atoms with van der Waals surface area (Å²) < 4.78 is 70.7. The average molecular weight is 953 g/mol. The van der Waals surface area contributed by atoms with E-state index in [9.17, 15) is 27.2 Å². The van der Waals surface area contributed by atoms with Crippen molar-refractivity contribution in [1.29, 1.82) is 0 Å². The van der Waals surface area contributed by atoms with Gasteiger partial charge in [-0.15, -0.1) is 0 Å². The first-order valence-electron chi connectivity index (χ1n) is 23.5. The Morgan fingerprint density at radius 3 is 1.63 bits per heavy atom. The summed E-state index contributed by atoms with van der Waals surface area (Å²) in [5, 5.41) is 11.7. The molecule has 0 bridgehead atoms. The molecule has 2 saturated heterocycles. The number of aryl methyl sites for hydroxylation is 5. The predicted octanol–water partition coefficient (Wildman–Crippen LogP) is 12.9. The lowest BCUT2D eigenvalue weighted by Gasteiger charge is -2.33. The number of nitrogens with zero attached hydrogens (tertiary/aromatic N) is 7. The fraction of sp³-hybridized carbons (Fsp3) is 0.451. The van der Waals surface area contributed by atoms with E-state index in [1.807, 2.05) is 89.2 Å². The Labute approximate surface area is 395 Å². The van der Waals surface area contributed by atoms with Gasteiger partial charge in [0.25, 0.3) is 0 Å². The largest absolute Gasteiger partial charge is 0.361 e. The first-order chi connectivity index (χ1) is 32.4. The summed E-state index contributed by atoms with van der Waals surface area (Å²) in [7, 11) is 0. The lowest BCUT2D eigenvalue weighted by Crippen LogP contribution is -2.31. The summed E-state index contributed by atoms with van der Waals surface area (Å²) in [4.78, 5) is 36.7. The van der Waals surface area contributed by atoms with Gasteiger partial charge in [0.05, 0.1) is 45.5 Å². The number of carbonyl (C=O) groups is 2. The Balaban J connectivity index is 0.000000163. The van der Waals surface area contributed by atoms with Crippen LogP contribution in [-0.2, 0) is 9.59 Å². The second-order valence-electron chi connectivity index (χ2n) is 19.1. The molecule has 12 nitrogen and oxygen atoms in total. The van der Waals surface area contributed by atoms with Crippen LogP contribution in [0.1, 0.15) is 141 Å². The van der Waals surface area contributed by atoms with Crippen LogP contribution in [0.15, 0.2) is 63.6 Å². The molecule has 4 fully saturated rings. The molecular formula is C51H53ClF4N8O4. The highest BCUT2D eigenvalue weighted by molar-refractivity contribution is 6.31. The van der Waals surface area contributed by atoms with E-state index < -0.39 is 11.8 Å². The zero-order chi connectivity index (χ0) is 47.8. The van der Waals surface area contributed by atoms with E-state index in [0.717, 1.165) is 90.1 Å². The fourth-order valence-corrected chi connectivity index (χ4v) is 11.1. The summed E-state index contributed by atoms with van der Waals surface area (Å²) in [5.41, 5.74) is 10.4. The summed E-state index contributed by atoms with van der Waals surface area (Å²) >= 11 is 6.43. The summed E-state index contributed by atoms with van der Waals surface area (Å²) in [6, 6.07) is 17.0. The topological polar surface area (TPSA) is 137 Å². The minimum atomic E-state index is -2.64. The first-order valence-corrected chi connectivity index (χ1v) is 23.9. The second-order valence-corrected chi connectivity index (χ2v) is 19.5. The van der Waals surface area contributed by atoms with Gasteiger partial charge in [0.2, 0.25) is 23.7 Å². The smallest absolute Gasteiger partial charge is 0.248 e. The normalized spacial score (nSPS) is 20.9. The Bertz CT molecular complexity index is 3040. The number of imidazole rings is 2. The van der Waals surface area contributed by atoms with E-state index in [2.05, 4.69) is 24.8 Å². The van der Waals surface area contributed by atoms with Crippen molar-refractivity contribution in [2.45, 2.75) is 148 Å². The van der Waals surface area contributed by atoms with Crippen molar-refractivity contribution in [3.8, 4) is 22.3 Å². The van der Waals surface area contributed by atoms with E-state index in [1.54, 1.807) is 4.90 Å². The highest BCUT2D eigenvalue weighted by atomic mass is 35.5. The molecule has 0 radical (unpaired) electrons. The maximum Gasteiger partial charge on any atom is 0.248 e. The van der Waals surface area contributed by atoms with Crippen molar-refractivity contribution in [2.75, 3.05) is 4.90 Å². The molecule has 0 unspecified atom stereocenters. The van der Waals surface area contributed by atoms with Gasteiger partial charge < -0.3 is 28.4 Å². The van der Waals surface area contributed by atoms with Crippen LogP contribution in [0.3, 0.4) is 0 Å². The van der Waals surface area contributed by atoms with E-state index >= 15 is 0 Å². The third kappa shape index (κ3) is 8.46.